The molecule has 5 heteroatoms. The molecule has 0 radical (unpaired) electrons. The Morgan fingerprint density at radius 1 is 1.41 bits per heavy atom. The number of hydrogen-bond donors (Lipinski definition) is 2. The van der Waals surface area contributed by atoms with Gasteiger partial charge < -0.3 is 15.8 Å². The SMILES string of the molecule is Cc1nc(N)c(C)c(NCCC2CCOC2)n1. The maximum absolute atomic E-state index is 5.80. The topological polar surface area (TPSA) is 73.1 Å². The number of nitrogens with one attached hydrogen (secondary N) is 1. The number of nitrogens with zero attached hydrogens (tertiary/aromatic N) is 2. The summed E-state index contributed by atoms with van der Waals surface area (Å²) >= 11 is 0. The monoisotopic (exact) mass is 236 g/mol. The van der Waals surface area contributed by atoms with E-state index in [0.29, 0.717) is 17.6 Å². The van der Waals surface area contributed by atoms with Gasteiger partial charge in [0.15, 0.2) is 0 Å². The summed E-state index contributed by atoms with van der Waals surface area (Å²) in [6, 6.07) is 0. The van der Waals surface area contributed by atoms with Gasteiger partial charge in [-0.15, -0.1) is 0 Å². The standard InChI is InChI=1S/C12H20N4O/c1-8-11(13)15-9(2)16-12(8)14-5-3-10-4-6-17-7-10/h10H,3-7H2,1-2H3,(H3,13,14,15,16). The van der Waals surface area contributed by atoms with E-state index in [1.165, 1.54) is 6.42 Å². The van der Waals surface area contributed by atoms with Crippen molar-refractivity contribution in [2.75, 3.05) is 30.8 Å². The minimum atomic E-state index is 0.559. The molecule has 17 heavy (non-hydrogen) atoms. The van der Waals surface area contributed by atoms with Gasteiger partial charge in [0.2, 0.25) is 0 Å². The Kier molecular flexibility index (Phi) is 3.78. The third-order valence-electron chi connectivity index (χ3n) is 3.16. The largest absolute Gasteiger partial charge is 0.383 e. The maximum atomic E-state index is 5.80. The minimum absolute atomic E-state index is 0.559. The number of ether oxygens (including phenoxy) is 1. The molecule has 0 bridgehead atoms. The normalized spacial score (nSPS) is 19.5. The Balaban J connectivity index is 1.89. The molecule has 1 aliphatic rings. The van der Waals surface area contributed by atoms with Crippen LogP contribution in [0.1, 0.15) is 24.2 Å². The van der Waals surface area contributed by atoms with E-state index in [-0.39, 0.29) is 0 Å². The summed E-state index contributed by atoms with van der Waals surface area (Å²) in [6.07, 6.45) is 2.29. The number of anilines is 2. The number of hydrogen-bond acceptors (Lipinski definition) is 5. The van der Waals surface area contributed by atoms with Gasteiger partial charge in [0.05, 0.1) is 0 Å². The molecule has 1 unspecified atom stereocenters. The molecule has 1 saturated heterocycles. The van der Waals surface area contributed by atoms with E-state index in [1.807, 2.05) is 13.8 Å². The third-order valence-corrected chi connectivity index (χ3v) is 3.16. The molecule has 94 valence electrons. The number of nitrogens with two attached hydrogens (primary N) is 1. The van der Waals surface area contributed by atoms with E-state index < -0.39 is 0 Å². The predicted octanol–water partition coefficient (Wildman–Crippen LogP) is 1.51. The number of aryl methyl sites for hydroxylation is 1. The van der Waals surface area contributed by atoms with Crippen molar-refractivity contribution in [3.8, 4) is 0 Å². The van der Waals surface area contributed by atoms with Gasteiger partial charge in [0, 0.05) is 25.3 Å². The van der Waals surface area contributed by atoms with Crippen molar-refractivity contribution in [1.29, 1.82) is 0 Å². The zero-order valence-corrected chi connectivity index (χ0v) is 10.5. The van der Waals surface area contributed by atoms with Crippen LogP contribution in [0.2, 0.25) is 0 Å². The van der Waals surface area contributed by atoms with Gasteiger partial charge in [-0.3, -0.25) is 0 Å². The molecule has 5 nitrogen and oxygen atoms in total. The lowest BCUT2D eigenvalue weighted by molar-refractivity contribution is 0.185. The fourth-order valence-electron chi connectivity index (χ4n) is 2.03. The second-order valence-corrected chi connectivity index (χ2v) is 4.57. The quantitative estimate of drug-likeness (QED) is 0.829. The number of nitrogen functional groups attached to an aromatic ring is 1. The lowest BCUT2D eigenvalue weighted by atomic mass is 10.1. The van der Waals surface area contributed by atoms with E-state index >= 15 is 0 Å². The minimum Gasteiger partial charge on any atom is -0.383 e. The molecular weight excluding hydrogens is 216 g/mol. The summed E-state index contributed by atoms with van der Waals surface area (Å²) in [4.78, 5) is 8.49. The third kappa shape index (κ3) is 3.06. The van der Waals surface area contributed by atoms with Gasteiger partial charge >= 0.3 is 0 Å². The van der Waals surface area contributed by atoms with Crippen molar-refractivity contribution in [3.05, 3.63) is 11.4 Å². The summed E-state index contributed by atoms with van der Waals surface area (Å²) in [6.45, 7) is 6.50. The first kappa shape index (κ1) is 12.1. The summed E-state index contributed by atoms with van der Waals surface area (Å²) in [5.41, 5.74) is 6.73. The molecule has 0 aromatic carbocycles. The number of aromatic nitrogens is 2. The first-order valence-corrected chi connectivity index (χ1v) is 6.09. The molecule has 2 heterocycles. The Labute approximate surface area is 102 Å². The summed E-state index contributed by atoms with van der Waals surface area (Å²) < 4.78 is 5.35. The van der Waals surface area contributed by atoms with E-state index in [1.54, 1.807) is 0 Å². The van der Waals surface area contributed by atoms with Crippen LogP contribution in [0.5, 0.6) is 0 Å². The summed E-state index contributed by atoms with van der Waals surface area (Å²) in [5, 5.41) is 3.33. The summed E-state index contributed by atoms with van der Waals surface area (Å²) in [5.74, 6) is 2.81. The van der Waals surface area contributed by atoms with E-state index in [4.69, 9.17) is 10.5 Å². The molecule has 0 amide bonds. The fourth-order valence-corrected chi connectivity index (χ4v) is 2.03. The van der Waals surface area contributed by atoms with Crippen LogP contribution in [0.25, 0.3) is 0 Å². The Hall–Kier alpha value is -1.36. The second-order valence-electron chi connectivity index (χ2n) is 4.57. The molecule has 1 atom stereocenters. The highest BCUT2D eigenvalue weighted by Gasteiger charge is 2.15. The molecule has 0 saturated carbocycles. The zero-order valence-electron chi connectivity index (χ0n) is 10.5. The highest BCUT2D eigenvalue weighted by Crippen LogP contribution is 2.19. The van der Waals surface area contributed by atoms with Gasteiger partial charge in [-0.1, -0.05) is 0 Å². The molecule has 0 aliphatic carbocycles. The van der Waals surface area contributed by atoms with Crippen molar-refractivity contribution in [3.63, 3.8) is 0 Å². The van der Waals surface area contributed by atoms with Crippen LogP contribution >= 0.6 is 0 Å². The highest BCUT2D eigenvalue weighted by molar-refractivity contribution is 5.54. The molecule has 1 aliphatic heterocycles. The average Bonchev–Trinajstić information content (AvgIpc) is 2.78. The van der Waals surface area contributed by atoms with Crippen LogP contribution in [0.4, 0.5) is 11.6 Å². The molecular formula is C12H20N4O. The van der Waals surface area contributed by atoms with Crippen molar-refractivity contribution in [1.82, 2.24) is 9.97 Å². The van der Waals surface area contributed by atoms with Crippen LogP contribution in [0.3, 0.4) is 0 Å². The molecule has 0 spiro atoms. The molecule has 1 fully saturated rings. The predicted molar refractivity (Wildman–Crippen MR) is 68.0 cm³/mol. The highest BCUT2D eigenvalue weighted by atomic mass is 16.5. The van der Waals surface area contributed by atoms with Crippen LogP contribution < -0.4 is 11.1 Å². The Bertz CT molecular complexity index is 388. The van der Waals surface area contributed by atoms with Crippen LogP contribution in [-0.2, 0) is 4.74 Å². The van der Waals surface area contributed by atoms with E-state index in [9.17, 15) is 0 Å². The first-order chi connectivity index (χ1) is 8.16. The van der Waals surface area contributed by atoms with Gasteiger partial charge in [-0.05, 0) is 32.6 Å². The Morgan fingerprint density at radius 3 is 2.94 bits per heavy atom. The van der Waals surface area contributed by atoms with Crippen molar-refractivity contribution in [2.45, 2.75) is 26.7 Å². The lowest BCUT2D eigenvalue weighted by Gasteiger charge is -2.12. The van der Waals surface area contributed by atoms with Gasteiger partial charge in [-0.2, -0.15) is 0 Å². The molecule has 2 rings (SSSR count). The smallest absolute Gasteiger partial charge is 0.134 e. The maximum Gasteiger partial charge on any atom is 0.134 e. The second kappa shape index (κ2) is 5.31. The fraction of sp³-hybridized carbons (Fsp3) is 0.667. The first-order valence-electron chi connectivity index (χ1n) is 6.09. The zero-order chi connectivity index (χ0) is 12.3. The van der Waals surface area contributed by atoms with Crippen LogP contribution in [0.15, 0.2) is 0 Å². The van der Waals surface area contributed by atoms with Gasteiger partial charge in [-0.25, -0.2) is 9.97 Å². The van der Waals surface area contributed by atoms with E-state index in [2.05, 4.69) is 15.3 Å². The van der Waals surface area contributed by atoms with Crippen molar-refractivity contribution in [2.24, 2.45) is 5.92 Å². The van der Waals surface area contributed by atoms with Gasteiger partial charge in [0.1, 0.15) is 17.5 Å². The average molecular weight is 236 g/mol. The summed E-state index contributed by atoms with van der Waals surface area (Å²) in [7, 11) is 0. The van der Waals surface area contributed by atoms with Crippen molar-refractivity contribution >= 4 is 11.6 Å². The lowest BCUT2D eigenvalue weighted by Crippen LogP contribution is -2.12. The van der Waals surface area contributed by atoms with Gasteiger partial charge in [0.25, 0.3) is 0 Å². The van der Waals surface area contributed by atoms with E-state index in [0.717, 1.165) is 37.6 Å². The molecule has 1 aromatic rings. The Morgan fingerprint density at radius 2 is 2.24 bits per heavy atom. The van der Waals surface area contributed by atoms with Crippen LogP contribution in [-0.4, -0.2) is 29.7 Å². The molecule has 3 N–H and O–H groups in total. The molecule has 1 aromatic heterocycles. The number of rotatable bonds is 4. The van der Waals surface area contributed by atoms with Crippen molar-refractivity contribution < 1.29 is 4.74 Å². The van der Waals surface area contributed by atoms with Crippen LogP contribution in [0, 0.1) is 19.8 Å².